The topological polar surface area (TPSA) is 64.0 Å². The quantitative estimate of drug-likeness (QED) is 0.828. The molecule has 0 aliphatic carbocycles. The van der Waals surface area contributed by atoms with Gasteiger partial charge in [0.25, 0.3) is 0 Å². The Morgan fingerprint density at radius 1 is 1.62 bits per heavy atom. The number of rotatable bonds is 3. The van der Waals surface area contributed by atoms with Crippen molar-refractivity contribution in [2.75, 3.05) is 19.3 Å². The molecule has 0 radical (unpaired) electrons. The van der Waals surface area contributed by atoms with Crippen molar-refractivity contribution in [3.63, 3.8) is 0 Å². The minimum absolute atomic E-state index is 0.181. The molecule has 90 valence electrons. The average Bonchev–Trinajstić information content (AvgIpc) is 2.74. The number of nitrogens with zero attached hydrogens (tertiary/aromatic N) is 2. The number of nitrogens with one attached hydrogen (secondary N) is 1. The third-order valence-corrected chi connectivity index (χ3v) is 4.11. The van der Waals surface area contributed by atoms with E-state index in [0.29, 0.717) is 4.90 Å². The molecule has 0 spiro atoms. The van der Waals surface area contributed by atoms with Crippen molar-refractivity contribution >= 4 is 9.84 Å². The van der Waals surface area contributed by atoms with Crippen molar-refractivity contribution in [3.05, 3.63) is 12.4 Å². The molecule has 1 aliphatic rings. The molecule has 0 bridgehead atoms. The van der Waals surface area contributed by atoms with Crippen LogP contribution in [0.3, 0.4) is 0 Å². The Balaban J connectivity index is 2.14. The summed E-state index contributed by atoms with van der Waals surface area (Å²) in [5.41, 5.74) is 0.181. The fourth-order valence-electron chi connectivity index (χ4n) is 2.02. The van der Waals surface area contributed by atoms with Gasteiger partial charge in [-0.3, -0.25) is 4.68 Å². The predicted molar refractivity (Wildman–Crippen MR) is 60.9 cm³/mol. The minimum Gasteiger partial charge on any atom is -0.316 e. The van der Waals surface area contributed by atoms with Gasteiger partial charge in [-0.25, -0.2) is 8.42 Å². The van der Waals surface area contributed by atoms with Crippen LogP contribution in [0, 0.1) is 5.41 Å². The Bertz CT molecular complexity index is 472. The molecule has 0 aromatic carbocycles. The predicted octanol–water partition coefficient (Wildman–Crippen LogP) is 0.286. The van der Waals surface area contributed by atoms with Gasteiger partial charge in [0.2, 0.25) is 0 Å². The van der Waals surface area contributed by atoms with Crippen LogP contribution in [0.2, 0.25) is 0 Å². The van der Waals surface area contributed by atoms with Crippen molar-refractivity contribution in [2.45, 2.75) is 24.8 Å². The highest BCUT2D eigenvalue weighted by molar-refractivity contribution is 7.90. The van der Waals surface area contributed by atoms with Crippen molar-refractivity contribution < 1.29 is 8.42 Å². The zero-order chi connectivity index (χ0) is 11.8. The normalized spacial score (nSPS) is 26.1. The van der Waals surface area contributed by atoms with Gasteiger partial charge < -0.3 is 5.32 Å². The SMILES string of the molecule is CC1(Cn2cc(S(C)(=O)=O)cn2)CCNC1. The van der Waals surface area contributed by atoms with Gasteiger partial charge in [0, 0.05) is 31.0 Å². The van der Waals surface area contributed by atoms with Gasteiger partial charge in [0.1, 0.15) is 4.90 Å². The van der Waals surface area contributed by atoms with E-state index in [0.717, 1.165) is 26.1 Å². The molecule has 16 heavy (non-hydrogen) atoms. The molecule has 1 aliphatic heterocycles. The van der Waals surface area contributed by atoms with Crippen LogP contribution in [-0.2, 0) is 16.4 Å². The first-order valence-electron chi connectivity index (χ1n) is 5.32. The standard InChI is InChI=1S/C10H17N3O2S/c1-10(3-4-11-7-10)8-13-6-9(5-12-13)16(2,14)15/h5-6,11H,3-4,7-8H2,1-2H3. The first-order chi connectivity index (χ1) is 7.39. The van der Waals surface area contributed by atoms with Gasteiger partial charge in [0.05, 0.1) is 6.20 Å². The summed E-state index contributed by atoms with van der Waals surface area (Å²) in [5, 5.41) is 7.41. The summed E-state index contributed by atoms with van der Waals surface area (Å²) in [6.07, 6.45) is 5.33. The Morgan fingerprint density at radius 3 is 2.88 bits per heavy atom. The second-order valence-corrected chi connectivity index (χ2v) is 6.90. The summed E-state index contributed by atoms with van der Waals surface area (Å²) < 4.78 is 24.3. The Labute approximate surface area is 95.8 Å². The van der Waals surface area contributed by atoms with Gasteiger partial charge in [-0.1, -0.05) is 6.92 Å². The van der Waals surface area contributed by atoms with Crippen LogP contribution in [0.4, 0.5) is 0 Å². The van der Waals surface area contributed by atoms with E-state index in [4.69, 9.17) is 0 Å². The molecule has 2 rings (SSSR count). The maximum absolute atomic E-state index is 11.3. The first kappa shape index (κ1) is 11.6. The van der Waals surface area contributed by atoms with Gasteiger partial charge in [0.15, 0.2) is 9.84 Å². The van der Waals surface area contributed by atoms with Crippen molar-refractivity contribution in [1.29, 1.82) is 0 Å². The molecule has 1 saturated heterocycles. The highest BCUT2D eigenvalue weighted by atomic mass is 32.2. The van der Waals surface area contributed by atoms with Crippen LogP contribution in [0.1, 0.15) is 13.3 Å². The van der Waals surface area contributed by atoms with E-state index in [1.165, 1.54) is 12.5 Å². The second kappa shape index (κ2) is 3.85. The zero-order valence-corrected chi connectivity index (χ0v) is 10.4. The maximum Gasteiger partial charge on any atom is 0.178 e. The smallest absolute Gasteiger partial charge is 0.178 e. The van der Waals surface area contributed by atoms with E-state index >= 15 is 0 Å². The van der Waals surface area contributed by atoms with Crippen LogP contribution < -0.4 is 5.32 Å². The third kappa shape index (κ3) is 2.44. The van der Waals surface area contributed by atoms with E-state index in [1.54, 1.807) is 10.9 Å². The molecule has 6 heteroatoms. The van der Waals surface area contributed by atoms with E-state index in [-0.39, 0.29) is 5.41 Å². The summed E-state index contributed by atoms with van der Waals surface area (Å²) >= 11 is 0. The molecule has 1 aromatic rings. The maximum atomic E-state index is 11.3. The van der Waals surface area contributed by atoms with Crippen molar-refractivity contribution in [3.8, 4) is 0 Å². The van der Waals surface area contributed by atoms with Crippen LogP contribution in [0.25, 0.3) is 0 Å². The number of hydrogen-bond donors (Lipinski definition) is 1. The summed E-state index contributed by atoms with van der Waals surface area (Å²) in [6, 6.07) is 0. The molecule has 1 atom stereocenters. The molecule has 1 unspecified atom stereocenters. The van der Waals surface area contributed by atoms with Crippen LogP contribution in [0.15, 0.2) is 17.3 Å². The Hall–Kier alpha value is -0.880. The molecule has 1 fully saturated rings. The highest BCUT2D eigenvalue weighted by Crippen LogP contribution is 2.26. The molecular weight excluding hydrogens is 226 g/mol. The summed E-state index contributed by atoms with van der Waals surface area (Å²) in [6.45, 7) is 4.93. The number of hydrogen-bond acceptors (Lipinski definition) is 4. The molecule has 5 nitrogen and oxygen atoms in total. The van der Waals surface area contributed by atoms with E-state index in [1.807, 2.05) is 0 Å². The lowest BCUT2D eigenvalue weighted by molar-refractivity contribution is 0.290. The lowest BCUT2D eigenvalue weighted by Crippen LogP contribution is -2.26. The lowest BCUT2D eigenvalue weighted by Gasteiger charge is -2.21. The van der Waals surface area contributed by atoms with E-state index < -0.39 is 9.84 Å². The lowest BCUT2D eigenvalue weighted by atomic mass is 9.90. The van der Waals surface area contributed by atoms with Gasteiger partial charge in [-0.05, 0) is 13.0 Å². The number of aromatic nitrogens is 2. The van der Waals surface area contributed by atoms with Crippen LogP contribution >= 0.6 is 0 Å². The molecule has 2 heterocycles. The third-order valence-electron chi connectivity index (χ3n) is 3.04. The fourth-order valence-corrected chi connectivity index (χ4v) is 2.57. The van der Waals surface area contributed by atoms with Crippen LogP contribution in [0.5, 0.6) is 0 Å². The Morgan fingerprint density at radius 2 is 2.38 bits per heavy atom. The molecule has 1 aromatic heterocycles. The summed E-state index contributed by atoms with van der Waals surface area (Å²) in [7, 11) is -3.13. The average molecular weight is 243 g/mol. The summed E-state index contributed by atoms with van der Waals surface area (Å²) in [4.78, 5) is 0.294. The zero-order valence-electron chi connectivity index (χ0n) is 9.60. The second-order valence-electron chi connectivity index (χ2n) is 4.88. The highest BCUT2D eigenvalue weighted by Gasteiger charge is 2.29. The van der Waals surface area contributed by atoms with Gasteiger partial charge >= 0.3 is 0 Å². The Kier molecular flexibility index (Phi) is 2.79. The van der Waals surface area contributed by atoms with E-state index in [9.17, 15) is 8.42 Å². The van der Waals surface area contributed by atoms with Gasteiger partial charge in [-0.2, -0.15) is 5.10 Å². The van der Waals surface area contributed by atoms with Crippen molar-refractivity contribution in [2.24, 2.45) is 5.41 Å². The first-order valence-corrected chi connectivity index (χ1v) is 7.21. The summed E-state index contributed by atoms with van der Waals surface area (Å²) in [5.74, 6) is 0. The number of sulfone groups is 1. The molecule has 0 saturated carbocycles. The monoisotopic (exact) mass is 243 g/mol. The van der Waals surface area contributed by atoms with Gasteiger partial charge in [-0.15, -0.1) is 0 Å². The van der Waals surface area contributed by atoms with Crippen molar-refractivity contribution in [1.82, 2.24) is 15.1 Å². The van der Waals surface area contributed by atoms with E-state index in [2.05, 4.69) is 17.3 Å². The largest absolute Gasteiger partial charge is 0.316 e. The van der Waals surface area contributed by atoms with Crippen LogP contribution in [-0.4, -0.2) is 37.5 Å². The minimum atomic E-state index is -3.13. The molecule has 0 amide bonds. The molecular formula is C10H17N3O2S. The fraction of sp³-hybridized carbons (Fsp3) is 0.700. The molecule has 1 N–H and O–H groups in total.